The van der Waals surface area contributed by atoms with Crippen LogP contribution in [0, 0.1) is 37.8 Å². The Morgan fingerprint density at radius 3 is 1.65 bits per heavy atom. The molecule has 94 valence electrons. The van der Waals surface area contributed by atoms with E-state index in [4.69, 9.17) is 0 Å². The summed E-state index contributed by atoms with van der Waals surface area (Å²) in [5, 5.41) is 11.3. The summed E-state index contributed by atoms with van der Waals surface area (Å²) in [6.45, 7) is 13.9. The number of rotatable bonds is 1. The lowest BCUT2D eigenvalue weighted by Crippen LogP contribution is -2.18. The van der Waals surface area contributed by atoms with Gasteiger partial charge in [-0.1, -0.05) is 20.8 Å². The molecule has 0 amide bonds. The van der Waals surface area contributed by atoms with Gasteiger partial charge in [0, 0.05) is 11.1 Å². The van der Waals surface area contributed by atoms with Crippen molar-refractivity contribution in [3.05, 3.63) is 37.9 Å². The van der Waals surface area contributed by atoms with E-state index < -0.39 is 0 Å². The van der Waals surface area contributed by atoms with E-state index in [1.54, 1.807) is 0 Å². The van der Waals surface area contributed by atoms with Crippen LogP contribution in [0.5, 0.6) is 0 Å². The van der Waals surface area contributed by atoms with Gasteiger partial charge in [-0.05, 0) is 49.8 Å². The number of hydrogen-bond donors (Lipinski definition) is 0. The van der Waals surface area contributed by atoms with Crippen LogP contribution in [0.1, 0.15) is 48.6 Å². The third-order valence-corrected chi connectivity index (χ3v) is 3.59. The minimum atomic E-state index is -0.241. The predicted octanol–water partition coefficient (Wildman–Crippen LogP) is 4.13. The van der Waals surface area contributed by atoms with E-state index in [1.165, 1.54) is 0 Å². The fourth-order valence-corrected chi connectivity index (χ4v) is 2.44. The molecule has 3 nitrogen and oxygen atoms in total. The normalized spacial score (nSPS) is 11.7. The maximum Gasteiger partial charge on any atom is 0.276 e. The molecule has 0 saturated heterocycles. The Kier molecular flexibility index (Phi) is 3.33. The molecule has 0 spiro atoms. The minimum Gasteiger partial charge on any atom is -0.258 e. The second-order valence-electron chi connectivity index (χ2n) is 5.73. The maximum atomic E-state index is 11.3. The predicted molar refractivity (Wildman–Crippen MR) is 70.7 cm³/mol. The molecule has 1 rings (SSSR count). The van der Waals surface area contributed by atoms with Crippen molar-refractivity contribution in [2.45, 2.75) is 53.9 Å². The Morgan fingerprint density at radius 2 is 1.29 bits per heavy atom. The van der Waals surface area contributed by atoms with Crippen LogP contribution < -0.4 is 0 Å². The van der Waals surface area contributed by atoms with Crippen LogP contribution in [-0.2, 0) is 5.41 Å². The van der Waals surface area contributed by atoms with Crippen molar-refractivity contribution < 1.29 is 4.92 Å². The van der Waals surface area contributed by atoms with E-state index in [9.17, 15) is 10.1 Å². The molecule has 0 fully saturated rings. The molecule has 1 aromatic rings. The van der Waals surface area contributed by atoms with Crippen molar-refractivity contribution in [1.82, 2.24) is 0 Å². The van der Waals surface area contributed by atoms with Crippen molar-refractivity contribution in [3.8, 4) is 0 Å². The van der Waals surface area contributed by atoms with E-state index in [1.807, 2.05) is 48.5 Å². The molecule has 3 heteroatoms. The summed E-state index contributed by atoms with van der Waals surface area (Å²) in [5.74, 6) is 0. The van der Waals surface area contributed by atoms with Crippen LogP contribution in [0.15, 0.2) is 0 Å². The number of nitro groups is 1. The van der Waals surface area contributed by atoms with E-state index in [0.29, 0.717) is 0 Å². The highest BCUT2D eigenvalue weighted by molar-refractivity contribution is 5.60. The molecule has 0 heterocycles. The topological polar surface area (TPSA) is 43.1 Å². The average molecular weight is 235 g/mol. The molecule has 0 saturated carbocycles. The SMILES string of the molecule is Cc1c(C)c(C)c(C(C)(C)C)c([N+](=O)[O-])c1C. The first kappa shape index (κ1) is 13.7. The van der Waals surface area contributed by atoms with E-state index in [-0.39, 0.29) is 16.0 Å². The minimum absolute atomic E-state index is 0.213. The fraction of sp³-hybridized carbons (Fsp3) is 0.571. The Balaban J connectivity index is 3.86. The first-order valence-electron chi connectivity index (χ1n) is 5.84. The summed E-state index contributed by atoms with van der Waals surface area (Å²) >= 11 is 0. The smallest absolute Gasteiger partial charge is 0.258 e. The highest BCUT2D eigenvalue weighted by Crippen LogP contribution is 2.39. The molecule has 0 N–H and O–H groups in total. The molecule has 0 aliphatic carbocycles. The molecule has 0 unspecified atom stereocenters. The molecule has 0 aromatic heterocycles. The zero-order valence-corrected chi connectivity index (χ0v) is 11.8. The standard InChI is InChI=1S/C14H21NO2/c1-8-9(2)11(4)13(15(16)17)12(10(8)3)14(5,6)7/h1-7H3. The summed E-state index contributed by atoms with van der Waals surface area (Å²) < 4.78 is 0. The first-order chi connectivity index (χ1) is 7.59. The lowest BCUT2D eigenvalue weighted by atomic mass is 9.79. The van der Waals surface area contributed by atoms with E-state index in [2.05, 4.69) is 0 Å². The monoisotopic (exact) mass is 235 g/mol. The van der Waals surface area contributed by atoms with Gasteiger partial charge >= 0.3 is 0 Å². The molecule has 1 aromatic carbocycles. The molecule has 0 atom stereocenters. The van der Waals surface area contributed by atoms with Gasteiger partial charge in [0.15, 0.2) is 0 Å². The molecular formula is C14H21NO2. The number of hydrogen-bond acceptors (Lipinski definition) is 2. The molecule has 0 aliphatic rings. The van der Waals surface area contributed by atoms with Crippen molar-refractivity contribution >= 4 is 5.69 Å². The lowest BCUT2D eigenvalue weighted by molar-refractivity contribution is -0.386. The second kappa shape index (κ2) is 4.13. The zero-order chi connectivity index (χ0) is 13.5. The van der Waals surface area contributed by atoms with Crippen molar-refractivity contribution in [2.24, 2.45) is 0 Å². The molecule has 17 heavy (non-hydrogen) atoms. The van der Waals surface area contributed by atoms with Gasteiger partial charge in [0.1, 0.15) is 0 Å². The van der Waals surface area contributed by atoms with Crippen LogP contribution in [0.4, 0.5) is 5.69 Å². The number of nitro benzene ring substituents is 1. The van der Waals surface area contributed by atoms with Crippen LogP contribution in [0.3, 0.4) is 0 Å². The van der Waals surface area contributed by atoms with Gasteiger partial charge in [0.05, 0.1) is 4.92 Å². The Labute approximate surface area is 103 Å². The Morgan fingerprint density at radius 1 is 0.882 bits per heavy atom. The third-order valence-electron chi connectivity index (χ3n) is 3.59. The van der Waals surface area contributed by atoms with Crippen molar-refractivity contribution in [3.63, 3.8) is 0 Å². The molecule has 0 aliphatic heterocycles. The van der Waals surface area contributed by atoms with Crippen LogP contribution in [0.25, 0.3) is 0 Å². The van der Waals surface area contributed by atoms with Crippen molar-refractivity contribution in [2.75, 3.05) is 0 Å². The second-order valence-corrected chi connectivity index (χ2v) is 5.73. The Hall–Kier alpha value is -1.38. The average Bonchev–Trinajstić information content (AvgIpc) is 2.17. The molecule has 0 radical (unpaired) electrons. The van der Waals surface area contributed by atoms with Gasteiger partial charge in [-0.2, -0.15) is 0 Å². The Bertz CT molecular complexity index is 482. The van der Waals surface area contributed by atoms with Crippen LogP contribution >= 0.6 is 0 Å². The van der Waals surface area contributed by atoms with Crippen molar-refractivity contribution in [1.29, 1.82) is 0 Å². The van der Waals surface area contributed by atoms with Gasteiger partial charge < -0.3 is 0 Å². The van der Waals surface area contributed by atoms with Gasteiger partial charge in [-0.3, -0.25) is 10.1 Å². The summed E-state index contributed by atoms with van der Waals surface area (Å²) in [7, 11) is 0. The molecule has 0 bridgehead atoms. The third kappa shape index (κ3) is 2.19. The number of nitrogens with zero attached hydrogens (tertiary/aromatic N) is 1. The molecular weight excluding hydrogens is 214 g/mol. The van der Waals surface area contributed by atoms with E-state index >= 15 is 0 Å². The van der Waals surface area contributed by atoms with Gasteiger partial charge in [-0.15, -0.1) is 0 Å². The van der Waals surface area contributed by atoms with Gasteiger partial charge in [-0.25, -0.2) is 0 Å². The number of benzene rings is 1. The lowest BCUT2D eigenvalue weighted by Gasteiger charge is -2.25. The zero-order valence-electron chi connectivity index (χ0n) is 11.8. The van der Waals surface area contributed by atoms with E-state index in [0.717, 1.165) is 27.8 Å². The van der Waals surface area contributed by atoms with Crippen LogP contribution in [0.2, 0.25) is 0 Å². The summed E-state index contributed by atoms with van der Waals surface area (Å²) in [6.07, 6.45) is 0. The van der Waals surface area contributed by atoms with Gasteiger partial charge in [0.2, 0.25) is 0 Å². The summed E-state index contributed by atoms with van der Waals surface area (Å²) in [6, 6.07) is 0. The van der Waals surface area contributed by atoms with Gasteiger partial charge in [0.25, 0.3) is 5.69 Å². The maximum absolute atomic E-state index is 11.3. The largest absolute Gasteiger partial charge is 0.276 e. The van der Waals surface area contributed by atoms with Crippen LogP contribution in [-0.4, -0.2) is 4.92 Å². The highest BCUT2D eigenvalue weighted by Gasteiger charge is 2.31. The summed E-state index contributed by atoms with van der Waals surface area (Å²) in [5.41, 5.74) is 4.98. The first-order valence-corrected chi connectivity index (χ1v) is 5.84. The summed E-state index contributed by atoms with van der Waals surface area (Å²) in [4.78, 5) is 11.1. The fourth-order valence-electron chi connectivity index (χ4n) is 2.44. The highest BCUT2D eigenvalue weighted by atomic mass is 16.6. The quantitative estimate of drug-likeness (QED) is 0.542.